The smallest absolute Gasteiger partial charge is 0.206 e. The molecule has 1 fully saturated rings. The van der Waals surface area contributed by atoms with Crippen LogP contribution in [-0.2, 0) is 4.79 Å². The molecule has 0 radical (unpaired) electrons. The van der Waals surface area contributed by atoms with Crippen LogP contribution in [0, 0.1) is 0 Å². The Bertz CT molecular complexity index is 60.5. The first-order valence-corrected chi connectivity index (χ1v) is 3.73. The van der Waals surface area contributed by atoms with Crippen LogP contribution in [0.15, 0.2) is 0 Å². The molecule has 0 bridgehead atoms. The van der Waals surface area contributed by atoms with Crippen LogP contribution in [0.1, 0.15) is 19.3 Å². The molecule has 0 saturated carbocycles. The van der Waals surface area contributed by atoms with Gasteiger partial charge in [0.1, 0.15) is 0 Å². The zero-order valence-corrected chi connectivity index (χ0v) is 6.52. The molecule has 1 heterocycles. The number of piperidine rings is 1. The molecule has 0 aromatic carbocycles. The van der Waals surface area contributed by atoms with Gasteiger partial charge in [-0.15, -0.1) is 0 Å². The zero-order valence-electron chi connectivity index (χ0n) is 6.52. The number of hydrogen-bond acceptors (Lipinski definition) is 2. The minimum absolute atomic E-state index is 0.625. The van der Waals surface area contributed by atoms with Gasteiger partial charge in [0.2, 0.25) is 6.41 Å². The Morgan fingerprint density at radius 2 is 1.80 bits per heavy atom. The Kier molecular flexibility index (Phi) is 7.95. The lowest BCUT2D eigenvalue weighted by Gasteiger charge is -2.08. The third-order valence-corrected chi connectivity index (χ3v) is 1.32. The number of carbonyl (C=O) groups excluding carboxylic acids is 1. The second-order valence-corrected chi connectivity index (χ2v) is 2.22. The van der Waals surface area contributed by atoms with Gasteiger partial charge in [-0.25, -0.2) is 0 Å². The van der Waals surface area contributed by atoms with Crippen LogP contribution in [0.2, 0.25) is 0 Å². The van der Waals surface area contributed by atoms with Gasteiger partial charge in [-0.05, 0) is 25.9 Å². The quantitative estimate of drug-likeness (QED) is 0.513. The van der Waals surface area contributed by atoms with Gasteiger partial charge in [-0.1, -0.05) is 6.42 Å². The van der Waals surface area contributed by atoms with Crippen LogP contribution >= 0.6 is 0 Å². The van der Waals surface area contributed by atoms with Gasteiger partial charge in [0.05, 0.1) is 0 Å². The number of amides is 1. The predicted molar refractivity (Wildman–Crippen MR) is 41.8 cm³/mol. The standard InChI is InChI=1S/C5H11N.C2H5NO/c1-2-4-6-5-3-1;1-3-2-4/h6H,1-5H2;2H,1H3,(H,3,4). The van der Waals surface area contributed by atoms with Gasteiger partial charge in [0.15, 0.2) is 0 Å². The highest BCUT2D eigenvalue weighted by Gasteiger charge is 1.93. The summed E-state index contributed by atoms with van der Waals surface area (Å²) in [5.74, 6) is 0. The van der Waals surface area contributed by atoms with Crippen molar-refractivity contribution in [2.24, 2.45) is 0 Å². The number of nitrogens with one attached hydrogen (secondary N) is 2. The molecule has 60 valence electrons. The molecule has 3 heteroatoms. The minimum Gasteiger partial charge on any atom is -0.362 e. The van der Waals surface area contributed by atoms with Gasteiger partial charge < -0.3 is 10.6 Å². The van der Waals surface area contributed by atoms with Crippen molar-refractivity contribution < 1.29 is 4.79 Å². The molecule has 0 aliphatic carbocycles. The van der Waals surface area contributed by atoms with Crippen LogP contribution in [0.25, 0.3) is 0 Å². The molecule has 1 amide bonds. The van der Waals surface area contributed by atoms with E-state index >= 15 is 0 Å². The highest BCUT2D eigenvalue weighted by atomic mass is 16.1. The van der Waals surface area contributed by atoms with Crippen molar-refractivity contribution in [1.29, 1.82) is 0 Å². The number of hydrogen-bond donors (Lipinski definition) is 2. The number of rotatable bonds is 1. The Hall–Kier alpha value is -0.570. The molecule has 10 heavy (non-hydrogen) atoms. The summed E-state index contributed by atoms with van der Waals surface area (Å²) >= 11 is 0. The predicted octanol–water partition coefficient (Wildman–Crippen LogP) is 0.122. The van der Waals surface area contributed by atoms with Gasteiger partial charge >= 0.3 is 0 Å². The van der Waals surface area contributed by atoms with Crippen molar-refractivity contribution in [2.45, 2.75) is 19.3 Å². The highest BCUT2D eigenvalue weighted by molar-refractivity contribution is 5.44. The lowest BCUT2D eigenvalue weighted by atomic mass is 10.2. The first kappa shape index (κ1) is 9.43. The van der Waals surface area contributed by atoms with E-state index in [4.69, 9.17) is 4.79 Å². The Balaban J connectivity index is 0.000000180. The number of carbonyl (C=O) groups is 1. The molecular formula is C7H16N2O. The Labute approximate surface area is 62.2 Å². The van der Waals surface area contributed by atoms with Gasteiger partial charge in [0.25, 0.3) is 0 Å². The van der Waals surface area contributed by atoms with E-state index in [0.717, 1.165) is 0 Å². The third-order valence-electron chi connectivity index (χ3n) is 1.32. The average molecular weight is 144 g/mol. The van der Waals surface area contributed by atoms with Crippen LogP contribution in [0.3, 0.4) is 0 Å². The molecule has 0 atom stereocenters. The summed E-state index contributed by atoms with van der Waals surface area (Å²) < 4.78 is 0. The third kappa shape index (κ3) is 7.43. The Morgan fingerprint density at radius 1 is 1.30 bits per heavy atom. The average Bonchev–Trinajstić information content (AvgIpc) is 2.08. The molecule has 1 saturated heterocycles. The van der Waals surface area contributed by atoms with E-state index in [1.807, 2.05) is 0 Å². The molecular weight excluding hydrogens is 128 g/mol. The first-order chi connectivity index (χ1) is 4.91. The minimum atomic E-state index is 0.625. The monoisotopic (exact) mass is 144 g/mol. The zero-order chi connectivity index (χ0) is 7.66. The van der Waals surface area contributed by atoms with Crippen molar-refractivity contribution in [3.8, 4) is 0 Å². The van der Waals surface area contributed by atoms with Gasteiger partial charge in [-0.2, -0.15) is 0 Å². The summed E-state index contributed by atoms with van der Waals surface area (Å²) in [7, 11) is 1.56. The molecule has 0 unspecified atom stereocenters. The summed E-state index contributed by atoms with van der Waals surface area (Å²) in [6.45, 7) is 2.50. The van der Waals surface area contributed by atoms with Crippen LogP contribution in [0.5, 0.6) is 0 Å². The van der Waals surface area contributed by atoms with Crippen molar-refractivity contribution in [1.82, 2.24) is 10.6 Å². The molecule has 0 spiro atoms. The van der Waals surface area contributed by atoms with Crippen molar-refractivity contribution in [3.63, 3.8) is 0 Å². The van der Waals surface area contributed by atoms with E-state index in [-0.39, 0.29) is 0 Å². The van der Waals surface area contributed by atoms with E-state index in [0.29, 0.717) is 6.41 Å². The molecule has 0 aromatic rings. The maximum atomic E-state index is 9.06. The lowest BCUT2D eigenvalue weighted by Crippen LogP contribution is -2.21. The largest absolute Gasteiger partial charge is 0.362 e. The van der Waals surface area contributed by atoms with E-state index in [1.165, 1.54) is 32.4 Å². The molecule has 3 nitrogen and oxygen atoms in total. The summed E-state index contributed by atoms with van der Waals surface area (Å²) in [6, 6.07) is 0. The van der Waals surface area contributed by atoms with Gasteiger partial charge in [0, 0.05) is 7.05 Å². The summed E-state index contributed by atoms with van der Waals surface area (Å²) in [5.41, 5.74) is 0. The second kappa shape index (κ2) is 8.43. The van der Waals surface area contributed by atoms with Crippen molar-refractivity contribution in [2.75, 3.05) is 20.1 Å². The topological polar surface area (TPSA) is 41.1 Å². The maximum Gasteiger partial charge on any atom is 0.206 e. The molecule has 1 rings (SSSR count). The summed E-state index contributed by atoms with van der Waals surface area (Å²) in [5, 5.41) is 5.53. The van der Waals surface area contributed by atoms with E-state index < -0.39 is 0 Å². The molecule has 1 aliphatic rings. The van der Waals surface area contributed by atoms with Crippen molar-refractivity contribution in [3.05, 3.63) is 0 Å². The van der Waals surface area contributed by atoms with Crippen LogP contribution < -0.4 is 10.6 Å². The fourth-order valence-corrected chi connectivity index (χ4v) is 0.802. The fourth-order valence-electron chi connectivity index (χ4n) is 0.802. The lowest BCUT2D eigenvalue weighted by molar-refractivity contribution is -0.109. The van der Waals surface area contributed by atoms with Crippen molar-refractivity contribution >= 4 is 6.41 Å². The summed E-state index contributed by atoms with van der Waals surface area (Å²) in [4.78, 5) is 9.06. The van der Waals surface area contributed by atoms with Crippen LogP contribution in [0.4, 0.5) is 0 Å². The van der Waals surface area contributed by atoms with Gasteiger partial charge in [-0.3, -0.25) is 4.79 Å². The molecule has 2 N–H and O–H groups in total. The van der Waals surface area contributed by atoms with E-state index in [2.05, 4.69) is 10.6 Å². The second-order valence-electron chi connectivity index (χ2n) is 2.22. The van der Waals surface area contributed by atoms with Crippen LogP contribution in [-0.4, -0.2) is 26.5 Å². The molecule has 0 aromatic heterocycles. The fraction of sp³-hybridized carbons (Fsp3) is 0.857. The SMILES string of the molecule is C1CCNCC1.CNC=O. The first-order valence-electron chi connectivity index (χ1n) is 3.73. The van der Waals surface area contributed by atoms with E-state index in [9.17, 15) is 0 Å². The highest BCUT2D eigenvalue weighted by Crippen LogP contribution is 1.96. The normalized spacial score (nSPS) is 16.5. The van der Waals surface area contributed by atoms with E-state index in [1.54, 1.807) is 7.05 Å². The molecule has 1 aliphatic heterocycles. The summed E-state index contributed by atoms with van der Waals surface area (Å²) in [6.07, 6.45) is 4.84. The Morgan fingerprint density at radius 3 is 1.90 bits per heavy atom. The maximum absolute atomic E-state index is 9.06.